The fraction of sp³-hybridized carbons (Fsp3) is 0.0455. The number of anilines is 1. The number of benzene rings is 3. The lowest BCUT2D eigenvalue weighted by molar-refractivity contribution is 0.101. The van der Waals surface area contributed by atoms with Gasteiger partial charge in [0, 0.05) is 11.3 Å². The van der Waals surface area contributed by atoms with Crippen LogP contribution in [-0.4, -0.2) is 20.7 Å². The molecule has 1 amide bonds. The molecule has 1 N–H and O–H groups in total. The number of rotatable bonds is 4. The maximum absolute atomic E-state index is 13.4. The highest BCUT2D eigenvalue weighted by atomic mass is 19.1. The maximum atomic E-state index is 13.4. The molecule has 0 atom stereocenters. The molecule has 0 fully saturated rings. The van der Waals surface area contributed by atoms with Crippen molar-refractivity contribution >= 4 is 11.6 Å². The van der Waals surface area contributed by atoms with Gasteiger partial charge in [-0.25, -0.2) is 18.4 Å². The molecule has 0 saturated carbocycles. The summed E-state index contributed by atoms with van der Waals surface area (Å²) in [5.41, 5.74) is 2.62. The van der Waals surface area contributed by atoms with Gasteiger partial charge in [0.25, 0.3) is 5.91 Å². The third-order valence-electron chi connectivity index (χ3n) is 4.24. The van der Waals surface area contributed by atoms with Gasteiger partial charge in [-0.15, -0.1) is 5.10 Å². The highest BCUT2D eigenvalue weighted by Gasteiger charge is 2.19. The van der Waals surface area contributed by atoms with E-state index >= 15 is 0 Å². The number of aromatic nitrogens is 3. The second-order valence-corrected chi connectivity index (χ2v) is 6.48. The molecule has 5 nitrogen and oxygen atoms in total. The minimum absolute atomic E-state index is 0.0879. The van der Waals surface area contributed by atoms with Crippen LogP contribution in [0.25, 0.3) is 17.1 Å². The molecule has 0 saturated heterocycles. The van der Waals surface area contributed by atoms with Gasteiger partial charge in [0.05, 0.1) is 5.69 Å². The highest BCUT2D eigenvalue weighted by molar-refractivity contribution is 6.01. The van der Waals surface area contributed by atoms with Crippen LogP contribution in [0.1, 0.15) is 16.2 Å². The number of carbonyl (C=O) groups is 1. The zero-order valence-corrected chi connectivity index (χ0v) is 15.4. The van der Waals surface area contributed by atoms with Crippen molar-refractivity contribution in [3.63, 3.8) is 0 Å². The molecule has 0 unspecified atom stereocenters. The number of aryl methyl sites for hydroxylation is 1. The van der Waals surface area contributed by atoms with E-state index in [1.165, 1.54) is 35.0 Å². The van der Waals surface area contributed by atoms with E-state index < -0.39 is 11.7 Å². The van der Waals surface area contributed by atoms with Gasteiger partial charge in [0.2, 0.25) is 5.82 Å². The first-order valence-electron chi connectivity index (χ1n) is 8.86. The van der Waals surface area contributed by atoms with Crippen molar-refractivity contribution < 1.29 is 13.6 Å². The van der Waals surface area contributed by atoms with E-state index in [0.717, 1.165) is 5.56 Å². The Morgan fingerprint density at radius 3 is 2.41 bits per heavy atom. The molecular formula is C22H16F2N4O. The number of nitrogens with one attached hydrogen (secondary N) is 1. The van der Waals surface area contributed by atoms with Gasteiger partial charge in [0.15, 0.2) is 5.82 Å². The van der Waals surface area contributed by atoms with Gasteiger partial charge in [-0.1, -0.05) is 18.2 Å². The summed E-state index contributed by atoms with van der Waals surface area (Å²) in [6.07, 6.45) is 0. The summed E-state index contributed by atoms with van der Waals surface area (Å²) >= 11 is 0. The second-order valence-electron chi connectivity index (χ2n) is 6.48. The molecule has 0 aliphatic carbocycles. The zero-order chi connectivity index (χ0) is 20.4. The molecule has 29 heavy (non-hydrogen) atoms. The van der Waals surface area contributed by atoms with Crippen LogP contribution >= 0.6 is 0 Å². The average Bonchev–Trinajstić information content (AvgIpc) is 3.14. The van der Waals surface area contributed by atoms with Gasteiger partial charge in [-0.2, -0.15) is 0 Å². The first kappa shape index (κ1) is 18.5. The summed E-state index contributed by atoms with van der Waals surface area (Å²) < 4.78 is 28.3. The zero-order valence-electron chi connectivity index (χ0n) is 15.4. The van der Waals surface area contributed by atoms with E-state index in [1.54, 1.807) is 18.2 Å². The van der Waals surface area contributed by atoms with Crippen LogP contribution in [-0.2, 0) is 0 Å². The first-order chi connectivity index (χ1) is 14.0. The Kier molecular flexibility index (Phi) is 4.87. The number of hydrogen-bond acceptors (Lipinski definition) is 3. The van der Waals surface area contributed by atoms with E-state index in [-0.39, 0.29) is 11.6 Å². The molecule has 0 aliphatic rings. The van der Waals surface area contributed by atoms with E-state index in [4.69, 9.17) is 0 Å². The summed E-state index contributed by atoms with van der Waals surface area (Å²) in [6, 6.07) is 18.9. The largest absolute Gasteiger partial charge is 0.319 e. The first-order valence-corrected chi connectivity index (χ1v) is 8.86. The summed E-state index contributed by atoms with van der Waals surface area (Å²) in [5, 5.41) is 6.93. The number of halogens is 2. The molecule has 3 aromatic carbocycles. The molecular weight excluding hydrogens is 374 g/mol. The van der Waals surface area contributed by atoms with Crippen LogP contribution in [0.15, 0.2) is 72.8 Å². The maximum Gasteiger partial charge on any atom is 0.295 e. The number of nitrogens with zero attached hydrogens (tertiary/aromatic N) is 3. The van der Waals surface area contributed by atoms with Crippen molar-refractivity contribution in [2.24, 2.45) is 0 Å². The lowest BCUT2D eigenvalue weighted by Crippen LogP contribution is -2.14. The van der Waals surface area contributed by atoms with Crippen molar-refractivity contribution in [3.05, 3.63) is 95.8 Å². The summed E-state index contributed by atoms with van der Waals surface area (Å²) in [5.74, 6) is -1.12. The predicted molar refractivity (Wildman–Crippen MR) is 106 cm³/mol. The Morgan fingerprint density at radius 1 is 0.931 bits per heavy atom. The van der Waals surface area contributed by atoms with E-state index in [2.05, 4.69) is 15.4 Å². The molecule has 4 rings (SSSR count). The van der Waals surface area contributed by atoms with Gasteiger partial charge < -0.3 is 5.32 Å². The number of carbonyl (C=O) groups excluding carboxylic acids is 1. The summed E-state index contributed by atoms with van der Waals surface area (Å²) in [7, 11) is 0. The van der Waals surface area contributed by atoms with E-state index in [9.17, 15) is 13.6 Å². The molecule has 1 heterocycles. The third-order valence-corrected chi connectivity index (χ3v) is 4.24. The van der Waals surface area contributed by atoms with Crippen LogP contribution in [0.5, 0.6) is 0 Å². The van der Waals surface area contributed by atoms with Crippen LogP contribution in [0.4, 0.5) is 14.5 Å². The highest BCUT2D eigenvalue weighted by Crippen LogP contribution is 2.23. The quantitative estimate of drug-likeness (QED) is 0.546. The molecule has 0 radical (unpaired) electrons. The number of hydrogen-bond donors (Lipinski definition) is 1. The fourth-order valence-electron chi connectivity index (χ4n) is 2.89. The smallest absolute Gasteiger partial charge is 0.295 e. The van der Waals surface area contributed by atoms with Crippen LogP contribution in [0, 0.1) is 18.6 Å². The SMILES string of the molecule is Cc1cccc(-n2nc(C(=O)Nc3cccc(F)c3)nc2-c2ccc(F)cc2)c1. The van der Waals surface area contributed by atoms with Crippen molar-refractivity contribution in [2.45, 2.75) is 6.92 Å². The Balaban J connectivity index is 1.76. The van der Waals surface area contributed by atoms with Crippen LogP contribution in [0.2, 0.25) is 0 Å². The second kappa shape index (κ2) is 7.63. The minimum atomic E-state index is -0.578. The Hall–Kier alpha value is -3.87. The molecule has 0 aliphatic heterocycles. The molecule has 4 aromatic rings. The normalized spacial score (nSPS) is 10.7. The molecule has 7 heteroatoms. The monoisotopic (exact) mass is 390 g/mol. The van der Waals surface area contributed by atoms with E-state index in [1.807, 2.05) is 31.2 Å². The standard InChI is InChI=1S/C22H16F2N4O/c1-14-4-2-7-19(12-14)28-21(15-8-10-16(23)11-9-15)26-20(27-28)22(29)25-18-6-3-5-17(24)13-18/h2-13H,1H3,(H,25,29). The van der Waals surface area contributed by atoms with Crippen LogP contribution < -0.4 is 5.32 Å². The van der Waals surface area contributed by atoms with E-state index in [0.29, 0.717) is 22.8 Å². The Labute approximate surface area is 165 Å². The topological polar surface area (TPSA) is 59.8 Å². The molecule has 0 spiro atoms. The van der Waals surface area contributed by atoms with Gasteiger partial charge in [-0.3, -0.25) is 4.79 Å². The van der Waals surface area contributed by atoms with Gasteiger partial charge in [0.1, 0.15) is 11.6 Å². The lowest BCUT2D eigenvalue weighted by Gasteiger charge is -2.06. The molecule has 144 valence electrons. The molecule has 0 bridgehead atoms. The summed E-state index contributed by atoms with van der Waals surface area (Å²) in [6.45, 7) is 1.94. The lowest BCUT2D eigenvalue weighted by atomic mass is 10.2. The minimum Gasteiger partial charge on any atom is -0.319 e. The van der Waals surface area contributed by atoms with Crippen LogP contribution in [0.3, 0.4) is 0 Å². The number of amides is 1. The summed E-state index contributed by atoms with van der Waals surface area (Å²) in [4.78, 5) is 17.0. The Bertz CT molecular complexity index is 1190. The fourth-order valence-corrected chi connectivity index (χ4v) is 2.89. The van der Waals surface area contributed by atoms with Crippen molar-refractivity contribution in [1.29, 1.82) is 0 Å². The van der Waals surface area contributed by atoms with Crippen molar-refractivity contribution in [3.8, 4) is 17.1 Å². The van der Waals surface area contributed by atoms with Gasteiger partial charge in [-0.05, 0) is 67.1 Å². The molecule has 1 aromatic heterocycles. The average molecular weight is 390 g/mol. The predicted octanol–water partition coefficient (Wildman–Crippen LogP) is 4.77. The Morgan fingerprint density at radius 2 is 1.69 bits per heavy atom. The third kappa shape index (κ3) is 4.03. The van der Waals surface area contributed by atoms with Crippen molar-refractivity contribution in [2.75, 3.05) is 5.32 Å². The van der Waals surface area contributed by atoms with Gasteiger partial charge >= 0.3 is 0 Å². The van der Waals surface area contributed by atoms with Crippen molar-refractivity contribution in [1.82, 2.24) is 14.8 Å².